The predicted molar refractivity (Wildman–Crippen MR) is 85.4 cm³/mol. The zero-order chi connectivity index (χ0) is 15.9. The molecule has 0 saturated carbocycles. The Bertz CT molecular complexity index is 706. The molecule has 3 heterocycles. The molecule has 1 aliphatic rings. The number of hydrogen-bond donors (Lipinski definition) is 0. The summed E-state index contributed by atoms with van der Waals surface area (Å²) in [6, 6.07) is 4.17. The van der Waals surface area contributed by atoms with E-state index in [-0.39, 0.29) is 11.3 Å². The van der Waals surface area contributed by atoms with Crippen LogP contribution < -0.4 is 0 Å². The van der Waals surface area contributed by atoms with E-state index in [4.69, 9.17) is 4.74 Å². The third-order valence-electron chi connectivity index (χ3n) is 4.17. The number of pyridine rings is 1. The lowest BCUT2D eigenvalue weighted by molar-refractivity contribution is 0.0298. The second-order valence-corrected chi connectivity index (χ2v) is 6.85. The summed E-state index contributed by atoms with van der Waals surface area (Å²) < 4.78 is 7.31. The van der Waals surface area contributed by atoms with Crippen LogP contribution in [0.5, 0.6) is 0 Å². The van der Waals surface area contributed by atoms with Crippen LogP contribution in [0.3, 0.4) is 0 Å². The second kappa shape index (κ2) is 5.39. The van der Waals surface area contributed by atoms with Crippen molar-refractivity contribution in [2.24, 2.45) is 0 Å². The number of hydrogen-bond acceptors (Lipinski definition) is 3. The minimum Gasteiger partial charge on any atom is -0.378 e. The highest BCUT2D eigenvalue weighted by molar-refractivity contribution is 5.93. The summed E-state index contributed by atoms with van der Waals surface area (Å²) in [7, 11) is 0. The van der Waals surface area contributed by atoms with Gasteiger partial charge in [0.2, 0.25) is 0 Å². The van der Waals surface area contributed by atoms with Crippen LogP contribution in [0.2, 0.25) is 0 Å². The largest absolute Gasteiger partial charge is 0.378 e. The molecule has 0 N–H and O–H groups in total. The summed E-state index contributed by atoms with van der Waals surface area (Å²) in [6.45, 7) is 11.0. The number of morpholine rings is 1. The summed E-state index contributed by atoms with van der Waals surface area (Å²) in [4.78, 5) is 19.2. The van der Waals surface area contributed by atoms with E-state index < -0.39 is 0 Å². The van der Waals surface area contributed by atoms with Crippen LogP contribution in [-0.4, -0.2) is 46.5 Å². The number of imidazole rings is 1. The number of carbonyl (C=O) groups is 1. The molecule has 3 rings (SSSR count). The minimum absolute atomic E-state index is 0.0143. The smallest absolute Gasteiger partial charge is 0.272 e. The summed E-state index contributed by atoms with van der Waals surface area (Å²) in [5.74, 6) is 0.0324. The van der Waals surface area contributed by atoms with Gasteiger partial charge in [-0.15, -0.1) is 0 Å². The van der Waals surface area contributed by atoms with Gasteiger partial charge >= 0.3 is 0 Å². The van der Waals surface area contributed by atoms with Gasteiger partial charge in [-0.05, 0) is 18.4 Å². The third-order valence-corrected chi connectivity index (χ3v) is 4.17. The summed E-state index contributed by atoms with van der Waals surface area (Å²) >= 11 is 0. The molecule has 0 aliphatic carbocycles. The molecule has 118 valence electrons. The molecule has 1 fully saturated rings. The first-order valence-corrected chi connectivity index (χ1v) is 7.74. The van der Waals surface area contributed by atoms with Gasteiger partial charge in [0.15, 0.2) is 0 Å². The highest BCUT2D eigenvalue weighted by Gasteiger charge is 2.25. The van der Waals surface area contributed by atoms with E-state index in [9.17, 15) is 4.79 Å². The lowest BCUT2D eigenvalue weighted by atomic mass is 9.87. The van der Waals surface area contributed by atoms with Gasteiger partial charge in [-0.25, -0.2) is 4.98 Å². The van der Waals surface area contributed by atoms with Gasteiger partial charge in [0, 0.05) is 24.3 Å². The molecule has 1 saturated heterocycles. The standard InChI is InChI=1S/C17H23N3O2/c1-12-5-6-13(17(2,3)4)15-18-11-14(20(12)15)16(21)19-7-9-22-10-8-19/h5-6,11H,7-10H2,1-4H3. The molecule has 0 atom stereocenters. The van der Waals surface area contributed by atoms with E-state index in [1.54, 1.807) is 6.20 Å². The number of aromatic nitrogens is 2. The molecule has 0 bridgehead atoms. The zero-order valence-electron chi connectivity index (χ0n) is 13.7. The van der Waals surface area contributed by atoms with Gasteiger partial charge in [0.05, 0.1) is 19.4 Å². The molecular formula is C17H23N3O2. The molecule has 5 heteroatoms. The van der Waals surface area contributed by atoms with Gasteiger partial charge in [-0.3, -0.25) is 9.20 Å². The van der Waals surface area contributed by atoms with Gasteiger partial charge in [0.1, 0.15) is 11.3 Å². The highest BCUT2D eigenvalue weighted by Crippen LogP contribution is 2.27. The summed E-state index contributed by atoms with van der Waals surface area (Å²) in [5.41, 5.74) is 3.68. The van der Waals surface area contributed by atoms with Crippen LogP contribution in [0.4, 0.5) is 0 Å². The fourth-order valence-electron chi connectivity index (χ4n) is 2.92. The first kappa shape index (κ1) is 15.0. The van der Waals surface area contributed by atoms with E-state index in [1.807, 2.05) is 16.2 Å². The van der Waals surface area contributed by atoms with Crippen molar-refractivity contribution in [1.29, 1.82) is 0 Å². The fraction of sp³-hybridized carbons (Fsp3) is 0.529. The van der Waals surface area contributed by atoms with Crippen LogP contribution in [-0.2, 0) is 10.2 Å². The fourth-order valence-corrected chi connectivity index (χ4v) is 2.92. The molecule has 0 aromatic carbocycles. The van der Waals surface area contributed by atoms with Crippen molar-refractivity contribution in [3.05, 3.63) is 35.3 Å². The van der Waals surface area contributed by atoms with Crippen LogP contribution in [0.15, 0.2) is 18.3 Å². The Morgan fingerprint density at radius 3 is 2.55 bits per heavy atom. The Balaban J connectivity index is 2.10. The normalized spacial score (nSPS) is 16.3. The second-order valence-electron chi connectivity index (χ2n) is 6.85. The third kappa shape index (κ3) is 2.50. The van der Waals surface area contributed by atoms with Crippen molar-refractivity contribution < 1.29 is 9.53 Å². The molecule has 0 spiro atoms. The van der Waals surface area contributed by atoms with E-state index in [0.717, 1.165) is 16.9 Å². The number of ether oxygens (including phenoxy) is 1. The molecule has 0 unspecified atom stereocenters. The molecule has 0 radical (unpaired) electrons. The van der Waals surface area contributed by atoms with Gasteiger partial charge < -0.3 is 9.64 Å². The van der Waals surface area contributed by atoms with Crippen molar-refractivity contribution in [2.45, 2.75) is 33.1 Å². The lowest BCUT2D eigenvalue weighted by Crippen LogP contribution is -2.41. The number of nitrogens with zero attached hydrogens (tertiary/aromatic N) is 3. The van der Waals surface area contributed by atoms with Crippen LogP contribution >= 0.6 is 0 Å². The molecule has 5 nitrogen and oxygen atoms in total. The predicted octanol–water partition coefficient (Wildman–Crippen LogP) is 2.41. The zero-order valence-corrected chi connectivity index (χ0v) is 13.7. The van der Waals surface area contributed by atoms with Crippen LogP contribution in [0.25, 0.3) is 5.65 Å². The van der Waals surface area contributed by atoms with Gasteiger partial charge in [-0.1, -0.05) is 26.8 Å². The Morgan fingerprint density at radius 2 is 1.91 bits per heavy atom. The number of carbonyl (C=O) groups excluding carboxylic acids is 1. The van der Waals surface area contributed by atoms with Crippen molar-refractivity contribution in [2.75, 3.05) is 26.3 Å². The van der Waals surface area contributed by atoms with Gasteiger partial charge in [-0.2, -0.15) is 0 Å². The highest BCUT2D eigenvalue weighted by atomic mass is 16.5. The molecule has 2 aromatic heterocycles. The number of rotatable bonds is 1. The maximum atomic E-state index is 12.8. The van der Waals surface area contributed by atoms with Crippen LogP contribution in [0.1, 0.15) is 42.5 Å². The maximum absolute atomic E-state index is 12.8. The number of aryl methyl sites for hydroxylation is 1. The molecule has 22 heavy (non-hydrogen) atoms. The minimum atomic E-state index is -0.0143. The summed E-state index contributed by atoms with van der Waals surface area (Å²) in [6.07, 6.45) is 1.70. The monoisotopic (exact) mass is 301 g/mol. The Morgan fingerprint density at radius 1 is 1.23 bits per heavy atom. The Labute approximate surface area is 130 Å². The average molecular weight is 301 g/mol. The molecule has 1 amide bonds. The summed E-state index contributed by atoms with van der Waals surface area (Å²) in [5, 5.41) is 0. The van der Waals surface area contributed by atoms with E-state index in [2.05, 4.69) is 37.9 Å². The van der Waals surface area contributed by atoms with Crippen molar-refractivity contribution in [3.8, 4) is 0 Å². The SMILES string of the molecule is Cc1ccc(C(C)(C)C)c2ncc(C(=O)N3CCOCC3)n12. The molecule has 2 aromatic rings. The van der Waals surface area contributed by atoms with E-state index >= 15 is 0 Å². The van der Waals surface area contributed by atoms with Gasteiger partial charge in [0.25, 0.3) is 5.91 Å². The van der Waals surface area contributed by atoms with E-state index in [1.165, 1.54) is 0 Å². The van der Waals surface area contributed by atoms with Crippen LogP contribution in [0, 0.1) is 6.92 Å². The Hall–Kier alpha value is -1.88. The number of fused-ring (bicyclic) bond motifs is 1. The van der Waals surface area contributed by atoms with Crippen molar-refractivity contribution in [3.63, 3.8) is 0 Å². The lowest BCUT2D eigenvalue weighted by Gasteiger charge is -2.27. The molecule has 1 aliphatic heterocycles. The quantitative estimate of drug-likeness (QED) is 0.812. The first-order valence-electron chi connectivity index (χ1n) is 7.74. The Kier molecular flexibility index (Phi) is 3.68. The maximum Gasteiger partial charge on any atom is 0.272 e. The van der Waals surface area contributed by atoms with Crippen molar-refractivity contribution in [1.82, 2.24) is 14.3 Å². The average Bonchev–Trinajstić information content (AvgIpc) is 2.92. The van der Waals surface area contributed by atoms with E-state index in [0.29, 0.717) is 32.0 Å². The number of amides is 1. The molecular weight excluding hydrogens is 278 g/mol. The first-order chi connectivity index (χ1) is 10.4. The topological polar surface area (TPSA) is 46.8 Å². The van der Waals surface area contributed by atoms with Crippen molar-refractivity contribution >= 4 is 11.6 Å².